The Balaban J connectivity index is 1.20. The number of ketones is 1. The van der Waals surface area contributed by atoms with Gasteiger partial charge in [0.15, 0.2) is 11.5 Å². The Morgan fingerprint density at radius 2 is 1.37 bits per heavy atom. The lowest BCUT2D eigenvalue weighted by molar-refractivity contribution is -0.165. The van der Waals surface area contributed by atoms with Gasteiger partial charge in [0.05, 0.1) is 26.1 Å². The highest BCUT2D eigenvalue weighted by Gasteiger charge is 2.44. The molecular formula is C76H102N8O15. The van der Waals surface area contributed by atoms with Crippen molar-refractivity contribution in [2.45, 2.75) is 181 Å². The summed E-state index contributed by atoms with van der Waals surface area (Å²) in [4.78, 5) is 159. The average Bonchev–Trinajstić information content (AvgIpc) is 1.79. The first-order valence-electron chi connectivity index (χ1n) is 34.6. The molecule has 0 saturated carbocycles. The molecule has 0 unspecified atom stereocenters. The zero-order valence-electron chi connectivity index (χ0n) is 59.3. The van der Waals surface area contributed by atoms with Crippen LogP contribution in [0, 0.1) is 11.3 Å². The van der Waals surface area contributed by atoms with Crippen molar-refractivity contribution in [1.82, 2.24) is 35.6 Å². The minimum atomic E-state index is -1.42. The molecular weight excluding hydrogens is 1260 g/mol. The number of unbranched alkanes of at least 4 members (excludes halogenated alkanes) is 3. The number of nitrogens with zero attached hydrogens (tertiary/aromatic N) is 4. The van der Waals surface area contributed by atoms with Gasteiger partial charge in [-0.25, -0.2) is 9.59 Å². The lowest BCUT2D eigenvalue weighted by Gasteiger charge is -2.36. The number of methoxy groups -OCH3 is 2. The van der Waals surface area contributed by atoms with E-state index in [-0.39, 0.29) is 76.0 Å². The highest BCUT2D eigenvalue weighted by Crippen LogP contribution is 2.33. The van der Waals surface area contributed by atoms with Gasteiger partial charge in [-0.2, -0.15) is 0 Å². The fourth-order valence-corrected chi connectivity index (χ4v) is 12.2. The maximum absolute atomic E-state index is 15.2. The second kappa shape index (κ2) is 38.7. The minimum Gasteiger partial charge on any atom is -0.493 e. The number of nitrogens with one attached hydrogen (secondary N) is 4. The number of likely N-dealkylation sites (tertiary alicyclic amines) is 2. The summed E-state index contributed by atoms with van der Waals surface area (Å²) in [7, 11) is 6.31. The van der Waals surface area contributed by atoms with Crippen molar-refractivity contribution >= 4 is 70.7 Å². The quantitative estimate of drug-likeness (QED) is 0.0142. The summed E-state index contributed by atoms with van der Waals surface area (Å²) in [6.07, 6.45) is 6.57. The van der Waals surface area contributed by atoms with E-state index < -0.39 is 94.9 Å². The lowest BCUT2D eigenvalue weighted by Crippen LogP contribution is -2.58. The van der Waals surface area contributed by atoms with Crippen LogP contribution in [-0.2, 0) is 81.5 Å². The predicted octanol–water partition coefficient (Wildman–Crippen LogP) is 8.51. The second-order valence-corrected chi connectivity index (χ2v) is 26.6. The Hall–Kier alpha value is -9.41. The number of hydrogen-bond acceptors (Lipinski definition) is 15. The van der Waals surface area contributed by atoms with Crippen LogP contribution in [0.5, 0.6) is 11.5 Å². The number of piperidine rings is 1. The van der Waals surface area contributed by atoms with Crippen molar-refractivity contribution in [3.63, 3.8) is 0 Å². The third kappa shape index (κ3) is 23.1. The van der Waals surface area contributed by atoms with Gasteiger partial charge in [0.1, 0.15) is 42.9 Å². The van der Waals surface area contributed by atoms with Crippen LogP contribution >= 0.6 is 0 Å². The predicted molar refractivity (Wildman–Crippen MR) is 375 cm³/mol. The largest absolute Gasteiger partial charge is 0.493 e. The zero-order chi connectivity index (χ0) is 72.3. The number of carbonyl (C=O) groups excluding carboxylic acids is 11. The van der Waals surface area contributed by atoms with Gasteiger partial charge in [0.2, 0.25) is 47.1 Å². The van der Waals surface area contributed by atoms with Crippen molar-refractivity contribution in [2.24, 2.45) is 11.3 Å². The molecule has 2 aliphatic rings. The van der Waals surface area contributed by atoms with Crippen LogP contribution in [0.3, 0.4) is 0 Å². The smallest absolute Gasteiger partial charge is 0.330 e. The molecule has 0 aliphatic carbocycles. The third-order valence-electron chi connectivity index (χ3n) is 18.1. The van der Waals surface area contributed by atoms with Crippen molar-refractivity contribution in [2.75, 3.05) is 66.4 Å². The van der Waals surface area contributed by atoms with Gasteiger partial charge >= 0.3 is 11.9 Å². The van der Waals surface area contributed by atoms with Gasteiger partial charge in [0, 0.05) is 71.3 Å². The molecule has 99 heavy (non-hydrogen) atoms. The monoisotopic (exact) mass is 1370 g/mol. The first kappa shape index (κ1) is 78.6. The summed E-state index contributed by atoms with van der Waals surface area (Å²) in [6, 6.07) is 22.2. The van der Waals surface area contributed by atoms with Crippen LogP contribution in [-0.4, -0.2) is 170 Å². The maximum atomic E-state index is 15.2. The number of Topliss-reactive ketones (excluding diaryl/α,β-unsaturated/α-hetero) is 1. The van der Waals surface area contributed by atoms with Crippen LogP contribution in [0.2, 0.25) is 0 Å². The lowest BCUT2D eigenvalue weighted by atomic mass is 9.87. The molecule has 23 heteroatoms. The highest BCUT2D eigenvalue weighted by molar-refractivity contribution is 6.38. The molecule has 2 aliphatic heterocycles. The standard InChI is InChI=1S/C76H102N8O15/c1-12-15-16-21-41-77-66(87)47-53-33-31-51(32-34-53)45-57(71(91)83-43-24-30-58(83)73(93)82(9)60(44-50(4)5)72(92)81(8)14-3)79-70(90)68(54-25-18-17-19-26-54)80-65(86)40-39-64(85)78-56-28-23-27-55(48-56)61(37-35-52-36-38-62(96-10)63(46-52)97-11)99-75(95)59-29-20-22-42-84(59)74(94)69(89)76(6,7)49-98-67(88)13-2/h13,17-19,23,25-28,31-34,36,38,46,48,50,57-61,68H,2,12,14-16,20-22,24,29-30,35,37,39-45,47,49H2,1,3-11H3,(H,77,87)(H,78,85)(H,79,90)(H,80,86)/t57-,58+,59-,60-,61+,68-/m0/s1. The molecule has 4 aromatic carbocycles. The summed E-state index contributed by atoms with van der Waals surface area (Å²) in [6.45, 7) is 15.2. The van der Waals surface area contributed by atoms with E-state index in [4.69, 9.17) is 18.9 Å². The number of hydrogen-bond donors (Lipinski definition) is 4. The number of rotatable bonds is 37. The molecule has 0 bridgehead atoms. The molecule has 2 saturated heterocycles. The maximum Gasteiger partial charge on any atom is 0.330 e. The topological polar surface area (TPSA) is 286 Å². The van der Waals surface area contributed by atoms with Gasteiger partial charge in [-0.1, -0.05) is 119 Å². The van der Waals surface area contributed by atoms with Gasteiger partial charge in [0.25, 0.3) is 5.91 Å². The van der Waals surface area contributed by atoms with Crippen LogP contribution in [0.15, 0.2) is 110 Å². The molecule has 6 atom stereocenters. The van der Waals surface area contributed by atoms with Crippen LogP contribution in [0.25, 0.3) is 0 Å². The number of aryl methyl sites for hydroxylation is 1. The van der Waals surface area contributed by atoms with Crippen molar-refractivity contribution < 1.29 is 71.7 Å². The van der Waals surface area contributed by atoms with E-state index in [1.807, 2.05) is 26.8 Å². The van der Waals surface area contributed by atoms with E-state index in [1.165, 1.54) is 42.8 Å². The SMILES string of the molecule is C=CC(=O)OCC(C)(C)C(=O)C(=O)N1CCCC[C@H]1C(=O)O[C@H](CCc1ccc(OC)c(OC)c1)c1cccc(NC(=O)CCC(=O)N[C@H](C(=O)N[C@@H](Cc2ccc(CC(=O)NCCCCCC)cc2)C(=O)N2CCC[C@@H]2C(=O)N(C)[C@@H](CC(C)C)C(=O)N(C)CC)c2ccccc2)c1. The number of carbonyl (C=O) groups is 11. The summed E-state index contributed by atoms with van der Waals surface area (Å²) in [5, 5.41) is 11.6. The molecule has 0 spiro atoms. The number of amides is 8. The Labute approximate surface area is 582 Å². The van der Waals surface area contributed by atoms with Crippen molar-refractivity contribution in [3.05, 3.63) is 138 Å². The molecule has 8 amide bonds. The van der Waals surface area contributed by atoms with Gasteiger partial charge in [-0.3, -0.25) is 43.2 Å². The zero-order valence-corrected chi connectivity index (χ0v) is 59.3. The van der Waals surface area contributed by atoms with E-state index in [1.54, 1.807) is 110 Å². The molecule has 2 heterocycles. The molecule has 0 aromatic heterocycles. The molecule has 536 valence electrons. The average molecular weight is 1370 g/mol. The molecule has 6 rings (SSSR count). The number of likely N-dealkylation sites (N-methyl/N-ethyl adjacent to an activating group) is 2. The molecule has 23 nitrogen and oxygen atoms in total. The Morgan fingerprint density at radius 3 is 2.05 bits per heavy atom. The van der Waals surface area contributed by atoms with E-state index in [2.05, 4.69) is 34.8 Å². The molecule has 4 N–H and O–H groups in total. The third-order valence-corrected chi connectivity index (χ3v) is 18.1. The van der Waals surface area contributed by atoms with Gasteiger partial charge in [-0.05, 0) is 137 Å². The van der Waals surface area contributed by atoms with E-state index in [0.29, 0.717) is 85.5 Å². The number of esters is 2. The number of anilines is 1. The van der Waals surface area contributed by atoms with Crippen LogP contribution in [0.1, 0.15) is 165 Å². The van der Waals surface area contributed by atoms with E-state index in [9.17, 15) is 47.9 Å². The molecule has 0 radical (unpaired) electrons. The number of ether oxygens (including phenoxy) is 4. The Kier molecular flexibility index (Phi) is 30.7. The fraction of sp³-hybridized carbons (Fsp3) is 0.513. The highest BCUT2D eigenvalue weighted by atomic mass is 16.5. The molecule has 2 fully saturated rings. The van der Waals surface area contributed by atoms with E-state index in [0.717, 1.165) is 42.9 Å². The van der Waals surface area contributed by atoms with Gasteiger partial charge in [-0.15, -0.1) is 0 Å². The van der Waals surface area contributed by atoms with Crippen LogP contribution < -0.4 is 30.7 Å². The van der Waals surface area contributed by atoms with Crippen LogP contribution in [0.4, 0.5) is 5.69 Å². The summed E-state index contributed by atoms with van der Waals surface area (Å²) in [5.74, 6) is -5.45. The van der Waals surface area contributed by atoms with E-state index >= 15 is 4.79 Å². The first-order chi connectivity index (χ1) is 47.3. The first-order valence-corrected chi connectivity index (χ1v) is 34.6. The Morgan fingerprint density at radius 1 is 0.707 bits per heavy atom. The van der Waals surface area contributed by atoms with Gasteiger partial charge < -0.3 is 59.8 Å². The minimum absolute atomic E-state index is 0.0322. The number of benzene rings is 4. The second-order valence-electron chi connectivity index (χ2n) is 26.6. The normalized spacial score (nSPS) is 15.6. The summed E-state index contributed by atoms with van der Waals surface area (Å²) < 4.78 is 22.4. The summed E-state index contributed by atoms with van der Waals surface area (Å²) >= 11 is 0. The summed E-state index contributed by atoms with van der Waals surface area (Å²) in [5.41, 5.74) is 1.95. The fourth-order valence-electron chi connectivity index (χ4n) is 12.2. The molecule has 4 aromatic rings. The Bertz CT molecular complexity index is 3450. The van der Waals surface area contributed by atoms with Crippen molar-refractivity contribution in [3.8, 4) is 11.5 Å². The van der Waals surface area contributed by atoms with Crippen molar-refractivity contribution in [1.29, 1.82) is 0 Å².